The highest BCUT2D eigenvalue weighted by atomic mass is 32.2. The summed E-state index contributed by atoms with van der Waals surface area (Å²) < 4.78 is 7.29. The van der Waals surface area contributed by atoms with Gasteiger partial charge in [-0.05, 0) is 74.4 Å². The number of rotatable bonds is 11. The van der Waals surface area contributed by atoms with E-state index in [4.69, 9.17) is 14.7 Å². The molecule has 0 atom stereocenters. The lowest BCUT2D eigenvalue weighted by molar-refractivity contribution is -0.113. The minimum Gasteiger partial charge on any atom is -0.494 e. The summed E-state index contributed by atoms with van der Waals surface area (Å²) in [7, 11) is 0. The van der Waals surface area contributed by atoms with Crippen LogP contribution in [0.25, 0.3) is 10.2 Å². The molecule has 6 rings (SSSR count). The van der Waals surface area contributed by atoms with E-state index in [0.29, 0.717) is 24.5 Å². The number of thioether (sulfide) groups is 1. The van der Waals surface area contributed by atoms with Gasteiger partial charge < -0.3 is 25.6 Å². The molecular weight excluding hydrogens is 569 g/mol. The minimum atomic E-state index is -0.0886. The smallest absolute Gasteiger partial charge is 0.234 e. The maximum Gasteiger partial charge on any atom is 0.234 e. The Morgan fingerprint density at radius 2 is 1.60 bits per heavy atom. The van der Waals surface area contributed by atoms with Gasteiger partial charge in [-0.1, -0.05) is 30.0 Å². The summed E-state index contributed by atoms with van der Waals surface area (Å²) in [5, 5.41) is 9.57. The third-order valence-electron chi connectivity index (χ3n) is 6.44. The lowest BCUT2D eigenvalue weighted by Gasteiger charge is -2.17. The van der Waals surface area contributed by atoms with Crippen molar-refractivity contribution < 1.29 is 9.53 Å². The molecule has 12 heteroatoms. The Balaban J connectivity index is 1.13. The summed E-state index contributed by atoms with van der Waals surface area (Å²) in [6.07, 6.45) is 2.25. The Bertz CT molecular complexity index is 1660. The third-order valence-corrected chi connectivity index (χ3v) is 8.60. The molecule has 214 valence electrons. The molecule has 3 aromatic carbocycles. The second kappa shape index (κ2) is 13.0. The molecule has 5 aromatic rings. The second-order valence-electron chi connectivity index (χ2n) is 9.55. The number of hydrogen-bond acceptors (Lipinski definition) is 11. The molecule has 0 spiro atoms. The second-order valence-corrected chi connectivity index (χ2v) is 11.8. The number of amides is 1. The number of benzene rings is 3. The van der Waals surface area contributed by atoms with Crippen molar-refractivity contribution in [3.63, 3.8) is 0 Å². The van der Waals surface area contributed by atoms with Gasteiger partial charge in [0.2, 0.25) is 23.8 Å². The van der Waals surface area contributed by atoms with Crippen molar-refractivity contribution >= 4 is 74.1 Å². The summed E-state index contributed by atoms with van der Waals surface area (Å²) >= 11 is 2.96. The van der Waals surface area contributed by atoms with E-state index >= 15 is 0 Å². The van der Waals surface area contributed by atoms with Crippen molar-refractivity contribution in [2.75, 3.05) is 46.3 Å². The van der Waals surface area contributed by atoms with Crippen LogP contribution in [-0.4, -0.2) is 51.3 Å². The van der Waals surface area contributed by atoms with Crippen molar-refractivity contribution in [1.29, 1.82) is 0 Å². The zero-order chi connectivity index (χ0) is 28.7. The van der Waals surface area contributed by atoms with E-state index in [9.17, 15) is 4.79 Å². The largest absolute Gasteiger partial charge is 0.494 e. The fraction of sp³-hybridized carbons (Fsp3) is 0.233. The average Bonchev–Trinajstić information content (AvgIpc) is 3.68. The Morgan fingerprint density at radius 3 is 2.33 bits per heavy atom. The molecule has 0 unspecified atom stereocenters. The number of nitrogens with zero attached hydrogens (tertiary/aromatic N) is 5. The highest BCUT2D eigenvalue weighted by Gasteiger charge is 2.18. The molecule has 1 amide bonds. The molecule has 1 saturated heterocycles. The minimum absolute atomic E-state index is 0.0886. The first-order valence-corrected chi connectivity index (χ1v) is 15.6. The van der Waals surface area contributed by atoms with E-state index in [1.807, 2.05) is 79.7 Å². The van der Waals surface area contributed by atoms with E-state index in [-0.39, 0.29) is 11.7 Å². The van der Waals surface area contributed by atoms with Gasteiger partial charge in [-0.2, -0.15) is 15.0 Å². The van der Waals surface area contributed by atoms with Gasteiger partial charge in [0.25, 0.3) is 0 Å². The van der Waals surface area contributed by atoms with Gasteiger partial charge in [0.05, 0.1) is 22.6 Å². The van der Waals surface area contributed by atoms with Crippen LogP contribution in [0.3, 0.4) is 0 Å². The van der Waals surface area contributed by atoms with Crippen LogP contribution in [0.1, 0.15) is 19.8 Å². The zero-order valence-electron chi connectivity index (χ0n) is 23.0. The summed E-state index contributed by atoms with van der Waals surface area (Å²) in [5.41, 5.74) is 3.36. The highest BCUT2D eigenvalue weighted by molar-refractivity contribution is 8.01. The van der Waals surface area contributed by atoms with Crippen LogP contribution in [0.4, 0.5) is 34.9 Å². The maximum atomic E-state index is 12.5. The molecule has 10 nitrogen and oxygen atoms in total. The third kappa shape index (κ3) is 7.07. The monoisotopic (exact) mass is 598 g/mol. The van der Waals surface area contributed by atoms with Gasteiger partial charge in [-0.3, -0.25) is 4.79 Å². The van der Waals surface area contributed by atoms with Gasteiger partial charge >= 0.3 is 0 Å². The van der Waals surface area contributed by atoms with Crippen molar-refractivity contribution in [2.24, 2.45) is 0 Å². The van der Waals surface area contributed by atoms with E-state index < -0.39 is 0 Å². The molecule has 2 aromatic heterocycles. The number of fused-ring (bicyclic) bond motifs is 1. The first kappa shape index (κ1) is 27.7. The van der Waals surface area contributed by atoms with Crippen LogP contribution in [-0.2, 0) is 4.79 Å². The van der Waals surface area contributed by atoms with Crippen molar-refractivity contribution in [3.05, 3.63) is 72.8 Å². The van der Waals surface area contributed by atoms with E-state index in [0.717, 1.165) is 63.3 Å². The summed E-state index contributed by atoms with van der Waals surface area (Å²) in [5.74, 6) is 2.56. The predicted octanol–water partition coefficient (Wildman–Crippen LogP) is 6.70. The Kier molecular flexibility index (Phi) is 8.61. The van der Waals surface area contributed by atoms with E-state index in [1.165, 1.54) is 11.8 Å². The number of thiazole rings is 1. The standard InChI is InChI=1S/C30H30N8O2S2/c1-2-40-23-13-10-21(11-14-23)31-26(39)19-41-30-34-24-15-12-22(18-25(24)42-30)33-28-35-27(32-20-8-4-3-5-9-20)36-29(37-28)38-16-6-7-17-38/h3-5,8-15,18H,2,6-7,16-17,19H2,1H3,(H,31,39)(H2,32,33,35,36,37). The van der Waals surface area contributed by atoms with Crippen LogP contribution in [0.15, 0.2) is 77.1 Å². The molecular formula is C30H30N8O2S2. The fourth-order valence-corrected chi connectivity index (χ4v) is 6.39. The van der Waals surface area contributed by atoms with Gasteiger partial charge in [0, 0.05) is 30.2 Å². The highest BCUT2D eigenvalue weighted by Crippen LogP contribution is 2.32. The topological polar surface area (TPSA) is 117 Å². The number of carbonyl (C=O) groups excluding carboxylic acids is 1. The van der Waals surface area contributed by atoms with E-state index in [1.54, 1.807) is 11.3 Å². The molecule has 3 N–H and O–H groups in total. The number of ether oxygens (including phenoxy) is 1. The zero-order valence-corrected chi connectivity index (χ0v) is 24.7. The Morgan fingerprint density at radius 1 is 0.881 bits per heavy atom. The van der Waals surface area contributed by atoms with Crippen molar-refractivity contribution in [1.82, 2.24) is 19.9 Å². The van der Waals surface area contributed by atoms with Crippen LogP contribution in [0.5, 0.6) is 5.75 Å². The summed E-state index contributed by atoms with van der Waals surface area (Å²) in [6.45, 7) is 4.40. The Hall–Kier alpha value is -4.42. The van der Waals surface area contributed by atoms with Crippen LogP contribution in [0, 0.1) is 0 Å². The molecule has 3 heterocycles. The van der Waals surface area contributed by atoms with Gasteiger partial charge in [0.1, 0.15) is 5.75 Å². The first-order chi connectivity index (χ1) is 20.6. The predicted molar refractivity (Wildman–Crippen MR) is 171 cm³/mol. The quantitative estimate of drug-likeness (QED) is 0.142. The average molecular weight is 599 g/mol. The molecule has 1 fully saturated rings. The Labute approximate surface area is 252 Å². The van der Waals surface area contributed by atoms with Gasteiger partial charge in [0.15, 0.2) is 4.34 Å². The van der Waals surface area contributed by atoms with Gasteiger partial charge in [-0.25, -0.2) is 4.98 Å². The first-order valence-electron chi connectivity index (χ1n) is 13.8. The number of para-hydroxylation sites is 1. The molecule has 0 saturated carbocycles. The molecule has 42 heavy (non-hydrogen) atoms. The molecule has 0 aliphatic carbocycles. The number of nitrogens with one attached hydrogen (secondary N) is 3. The summed E-state index contributed by atoms with van der Waals surface area (Å²) in [4.78, 5) is 33.4. The maximum absolute atomic E-state index is 12.5. The fourth-order valence-electron chi connectivity index (χ4n) is 4.48. The van der Waals surface area contributed by atoms with Crippen molar-refractivity contribution in [2.45, 2.75) is 24.1 Å². The van der Waals surface area contributed by atoms with Gasteiger partial charge in [-0.15, -0.1) is 11.3 Å². The van der Waals surface area contributed by atoms with E-state index in [2.05, 4.69) is 30.8 Å². The molecule has 0 bridgehead atoms. The number of carbonyl (C=O) groups is 1. The van der Waals surface area contributed by atoms with Crippen LogP contribution in [0.2, 0.25) is 0 Å². The normalized spacial score (nSPS) is 12.8. The lowest BCUT2D eigenvalue weighted by Crippen LogP contribution is -2.21. The number of aromatic nitrogens is 4. The lowest BCUT2D eigenvalue weighted by atomic mass is 10.3. The molecule has 1 aliphatic heterocycles. The van der Waals surface area contributed by atoms with Crippen LogP contribution < -0.4 is 25.6 Å². The molecule has 1 aliphatic rings. The number of hydrogen-bond donors (Lipinski definition) is 3. The SMILES string of the molecule is CCOc1ccc(NC(=O)CSc2nc3ccc(Nc4nc(Nc5ccccc5)nc(N5CCCC5)n4)cc3s2)cc1. The van der Waals surface area contributed by atoms with Crippen molar-refractivity contribution in [3.8, 4) is 5.75 Å². The summed E-state index contributed by atoms with van der Waals surface area (Å²) in [6, 6.07) is 23.2. The van der Waals surface area contributed by atoms with Crippen LogP contribution >= 0.6 is 23.1 Å². The molecule has 0 radical (unpaired) electrons. The number of anilines is 6.